The maximum absolute atomic E-state index is 12.2. The Kier molecular flexibility index (Phi) is 11.6. The van der Waals surface area contributed by atoms with Crippen LogP contribution in [0.25, 0.3) is 0 Å². The molecule has 0 radical (unpaired) electrons. The summed E-state index contributed by atoms with van der Waals surface area (Å²) < 4.78 is 12.2. The van der Waals surface area contributed by atoms with Crippen LogP contribution in [0.3, 0.4) is 0 Å². The quantitative estimate of drug-likeness (QED) is 0.306. The molecule has 2 aromatic carbocycles. The molecule has 4 nitrogen and oxygen atoms in total. The van der Waals surface area contributed by atoms with Crippen LogP contribution in [0.5, 0.6) is 0 Å². The Bertz CT molecular complexity index is 726. The van der Waals surface area contributed by atoms with E-state index in [0.29, 0.717) is 18.1 Å². The lowest BCUT2D eigenvalue weighted by atomic mass is 10.1. The Labute approximate surface area is 186 Å². The number of hydrogen-bond acceptors (Lipinski definition) is 2. The van der Waals surface area contributed by atoms with E-state index >= 15 is 0 Å². The largest absolute Gasteiger partial charge is 0.357 e. The number of hydrogen-bond donors (Lipinski definition) is 2. The zero-order chi connectivity index (χ0) is 18.8. The second kappa shape index (κ2) is 13.1. The van der Waals surface area contributed by atoms with Gasteiger partial charge in [-0.2, -0.15) is 0 Å². The van der Waals surface area contributed by atoms with Gasteiger partial charge in [0.15, 0.2) is 5.96 Å². The van der Waals surface area contributed by atoms with Gasteiger partial charge in [0, 0.05) is 33.9 Å². The average Bonchev–Trinajstić information content (AvgIpc) is 2.63. The molecule has 2 aromatic rings. The second-order valence-corrected chi connectivity index (χ2v) is 7.97. The Morgan fingerprint density at radius 2 is 1.81 bits per heavy atom. The maximum atomic E-state index is 12.2. The summed E-state index contributed by atoms with van der Waals surface area (Å²) in [6.45, 7) is 5.38. The average molecular weight is 520 g/mol. The standard InChI is InChI=1S/C20H26ClN3OS.HI/c1-3-22-20(24-16(2)18-9-11-19(21)12-10-18)23-13-14-26(25)15-17-7-5-4-6-8-17;/h4-12,16H,3,13-15H2,1-2H3,(H2,22,23,24);1H. The lowest BCUT2D eigenvalue weighted by Crippen LogP contribution is -2.39. The predicted octanol–water partition coefficient (Wildman–Crippen LogP) is 4.52. The molecule has 0 heterocycles. The summed E-state index contributed by atoms with van der Waals surface area (Å²) >= 11 is 5.94. The van der Waals surface area contributed by atoms with Gasteiger partial charge in [-0.1, -0.05) is 54.1 Å². The number of guanidine groups is 1. The van der Waals surface area contributed by atoms with Crippen molar-refractivity contribution in [3.05, 3.63) is 70.7 Å². The molecule has 0 aliphatic heterocycles. The number of benzene rings is 2. The third-order valence-electron chi connectivity index (χ3n) is 3.83. The highest BCUT2D eigenvalue weighted by Gasteiger charge is 2.08. The molecule has 2 unspecified atom stereocenters. The second-order valence-electron chi connectivity index (χ2n) is 5.95. The van der Waals surface area contributed by atoms with Crippen LogP contribution in [0.15, 0.2) is 59.6 Å². The molecule has 0 aliphatic rings. The van der Waals surface area contributed by atoms with Crippen molar-refractivity contribution in [1.82, 2.24) is 10.6 Å². The van der Waals surface area contributed by atoms with Crippen molar-refractivity contribution in [2.45, 2.75) is 25.6 Å². The van der Waals surface area contributed by atoms with Gasteiger partial charge in [0.2, 0.25) is 0 Å². The van der Waals surface area contributed by atoms with Crippen LogP contribution in [0.4, 0.5) is 0 Å². The van der Waals surface area contributed by atoms with Gasteiger partial charge in [-0.3, -0.25) is 9.20 Å². The van der Waals surface area contributed by atoms with Crippen molar-refractivity contribution in [3.8, 4) is 0 Å². The van der Waals surface area contributed by atoms with Crippen LogP contribution in [-0.2, 0) is 16.6 Å². The molecule has 0 amide bonds. The smallest absolute Gasteiger partial charge is 0.191 e. The Morgan fingerprint density at radius 1 is 1.15 bits per heavy atom. The van der Waals surface area contributed by atoms with Crippen LogP contribution in [0.1, 0.15) is 31.0 Å². The molecule has 2 N–H and O–H groups in total. The van der Waals surface area contributed by atoms with Crippen LogP contribution in [0.2, 0.25) is 5.02 Å². The molecule has 0 bridgehead atoms. The normalized spacial score (nSPS) is 13.4. The van der Waals surface area contributed by atoms with Crippen molar-refractivity contribution >= 4 is 52.3 Å². The zero-order valence-corrected chi connectivity index (χ0v) is 19.6. The van der Waals surface area contributed by atoms with Gasteiger partial charge >= 0.3 is 0 Å². The lowest BCUT2D eigenvalue weighted by Gasteiger charge is -2.18. The molecule has 0 fully saturated rings. The van der Waals surface area contributed by atoms with E-state index in [4.69, 9.17) is 11.6 Å². The van der Waals surface area contributed by atoms with Gasteiger partial charge in [-0.05, 0) is 37.1 Å². The molecule has 0 aliphatic carbocycles. The molecule has 148 valence electrons. The van der Waals surface area contributed by atoms with Gasteiger partial charge in [-0.15, -0.1) is 24.0 Å². The minimum atomic E-state index is -0.920. The summed E-state index contributed by atoms with van der Waals surface area (Å²) in [6.07, 6.45) is 0. The van der Waals surface area contributed by atoms with E-state index in [1.54, 1.807) is 0 Å². The van der Waals surface area contributed by atoms with Crippen LogP contribution in [0, 0.1) is 0 Å². The highest BCUT2D eigenvalue weighted by molar-refractivity contribution is 14.0. The SMILES string of the molecule is CCNC(=NCCS(=O)Cc1ccccc1)NC(C)c1ccc(Cl)cc1.I. The van der Waals surface area contributed by atoms with Crippen LogP contribution < -0.4 is 10.6 Å². The summed E-state index contributed by atoms with van der Waals surface area (Å²) in [5.41, 5.74) is 2.23. The molecule has 0 saturated heterocycles. The summed E-state index contributed by atoms with van der Waals surface area (Å²) in [5.74, 6) is 1.84. The van der Waals surface area contributed by atoms with Gasteiger partial charge in [0.1, 0.15) is 0 Å². The summed E-state index contributed by atoms with van der Waals surface area (Å²) in [5, 5.41) is 7.33. The minimum Gasteiger partial charge on any atom is -0.357 e. The molecule has 2 rings (SSSR count). The highest BCUT2D eigenvalue weighted by Crippen LogP contribution is 2.15. The number of nitrogens with one attached hydrogen (secondary N) is 2. The first-order valence-electron chi connectivity index (χ1n) is 8.77. The van der Waals surface area contributed by atoms with E-state index in [1.807, 2.05) is 61.5 Å². The van der Waals surface area contributed by atoms with E-state index < -0.39 is 10.8 Å². The number of nitrogens with zero attached hydrogens (tertiary/aromatic N) is 1. The molecular weight excluding hydrogens is 493 g/mol. The first kappa shape index (κ1) is 23.9. The first-order valence-corrected chi connectivity index (χ1v) is 10.6. The zero-order valence-electron chi connectivity index (χ0n) is 15.7. The number of halogens is 2. The van der Waals surface area contributed by atoms with Gasteiger partial charge in [-0.25, -0.2) is 0 Å². The van der Waals surface area contributed by atoms with E-state index in [-0.39, 0.29) is 30.0 Å². The van der Waals surface area contributed by atoms with Gasteiger partial charge in [0.05, 0.1) is 12.6 Å². The van der Waals surface area contributed by atoms with Crippen LogP contribution >= 0.6 is 35.6 Å². The van der Waals surface area contributed by atoms with Crippen molar-refractivity contribution in [3.63, 3.8) is 0 Å². The van der Waals surface area contributed by atoms with Crippen LogP contribution in [-0.4, -0.2) is 29.0 Å². The number of rotatable bonds is 8. The van der Waals surface area contributed by atoms with Crippen molar-refractivity contribution < 1.29 is 4.21 Å². The highest BCUT2D eigenvalue weighted by atomic mass is 127. The topological polar surface area (TPSA) is 53.5 Å². The molecular formula is C20H27ClIN3OS. The van der Waals surface area contributed by atoms with Gasteiger partial charge < -0.3 is 10.6 Å². The summed E-state index contributed by atoms with van der Waals surface area (Å²) in [6, 6.07) is 17.8. The van der Waals surface area contributed by atoms with E-state index in [2.05, 4.69) is 22.5 Å². The maximum Gasteiger partial charge on any atom is 0.191 e. The lowest BCUT2D eigenvalue weighted by molar-refractivity contribution is 0.679. The molecule has 0 spiro atoms. The fraction of sp³-hybridized carbons (Fsp3) is 0.350. The summed E-state index contributed by atoms with van der Waals surface area (Å²) in [7, 11) is -0.920. The Hall–Kier alpha value is -1.12. The van der Waals surface area contributed by atoms with Crippen molar-refractivity contribution in [1.29, 1.82) is 0 Å². The minimum absolute atomic E-state index is 0. The van der Waals surface area contributed by atoms with E-state index in [9.17, 15) is 4.21 Å². The molecule has 7 heteroatoms. The monoisotopic (exact) mass is 519 g/mol. The fourth-order valence-electron chi connectivity index (χ4n) is 2.45. The summed E-state index contributed by atoms with van der Waals surface area (Å²) in [4.78, 5) is 4.55. The van der Waals surface area contributed by atoms with Crippen molar-refractivity contribution in [2.24, 2.45) is 4.99 Å². The molecule has 0 saturated carbocycles. The third kappa shape index (κ3) is 9.08. The van der Waals surface area contributed by atoms with E-state index in [1.165, 1.54) is 0 Å². The van der Waals surface area contributed by atoms with Crippen molar-refractivity contribution in [2.75, 3.05) is 18.8 Å². The molecule has 2 atom stereocenters. The molecule has 0 aromatic heterocycles. The van der Waals surface area contributed by atoms with Gasteiger partial charge in [0.25, 0.3) is 0 Å². The predicted molar refractivity (Wildman–Crippen MR) is 128 cm³/mol. The Morgan fingerprint density at radius 3 is 2.44 bits per heavy atom. The fourth-order valence-corrected chi connectivity index (χ4v) is 3.58. The van der Waals surface area contributed by atoms with E-state index in [0.717, 1.165) is 28.7 Å². The Balaban J connectivity index is 0.00000364. The first-order chi connectivity index (χ1) is 12.6. The third-order valence-corrected chi connectivity index (χ3v) is 5.37. The number of aliphatic imine (C=N–C) groups is 1. The molecule has 27 heavy (non-hydrogen) atoms.